The molecule has 0 unspecified atom stereocenters. The van der Waals surface area contributed by atoms with E-state index in [1.807, 2.05) is 6.07 Å². The maximum atomic E-state index is 13.8. The highest BCUT2D eigenvalue weighted by atomic mass is 79.9. The second kappa shape index (κ2) is 15.3. The maximum Gasteiger partial charge on any atom is 0.422 e. The molecular formula is C32H36BrClF3N5O7S. The Morgan fingerprint density at radius 3 is 2.44 bits per heavy atom. The summed E-state index contributed by atoms with van der Waals surface area (Å²) in [6.45, 7) is 3.08. The lowest BCUT2D eigenvalue weighted by Gasteiger charge is -2.29. The molecule has 4 rings (SSSR count). The quantitative estimate of drug-likeness (QED) is 0.304. The van der Waals surface area contributed by atoms with Gasteiger partial charge in [-0.3, -0.25) is 14.6 Å². The molecule has 0 bridgehead atoms. The van der Waals surface area contributed by atoms with Crippen LogP contribution >= 0.6 is 27.5 Å². The van der Waals surface area contributed by atoms with Gasteiger partial charge in [0.1, 0.15) is 22.9 Å². The summed E-state index contributed by atoms with van der Waals surface area (Å²) >= 11 is 9.53. The molecule has 1 aliphatic carbocycles. The summed E-state index contributed by atoms with van der Waals surface area (Å²) in [5.74, 6) is -1.63. The molecule has 2 fully saturated rings. The number of alkyl halides is 3. The number of amides is 3. The highest BCUT2D eigenvalue weighted by molar-refractivity contribution is 9.10. The third kappa shape index (κ3) is 10.5. The third-order valence-electron chi connectivity index (χ3n) is 7.94. The number of hydrogen-bond donors (Lipinski definition) is 1. The molecule has 3 amide bonds. The summed E-state index contributed by atoms with van der Waals surface area (Å²) in [4.78, 5) is 46.7. The number of hydrogen-bond acceptors (Lipinski definition) is 9. The number of benzene rings is 1. The average molecular weight is 807 g/mol. The highest BCUT2D eigenvalue weighted by Gasteiger charge is 2.50. The van der Waals surface area contributed by atoms with Crippen molar-refractivity contribution in [2.24, 2.45) is 0 Å². The number of ether oxygens (including phenoxy) is 2. The van der Waals surface area contributed by atoms with Crippen molar-refractivity contribution in [2.75, 3.05) is 26.2 Å². The van der Waals surface area contributed by atoms with E-state index >= 15 is 0 Å². The average Bonchev–Trinajstić information content (AvgIpc) is 3.63. The molecule has 2 heterocycles. The number of aromatic nitrogens is 1. The molecular weight excluding hydrogens is 771 g/mol. The number of sulfone groups is 1. The molecule has 272 valence electrons. The van der Waals surface area contributed by atoms with Gasteiger partial charge in [0.05, 0.1) is 21.2 Å². The largest absolute Gasteiger partial charge is 0.484 e. The summed E-state index contributed by atoms with van der Waals surface area (Å²) in [5, 5.41) is 10.4. The molecule has 1 aromatic heterocycles. The van der Waals surface area contributed by atoms with E-state index < -0.39 is 79.4 Å². The van der Waals surface area contributed by atoms with Gasteiger partial charge in [0.2, 0.25) is 11.8 Å². The molecule has 1 saturated carbocycles. The fraction of sp³-hybridized carbons (Fsp3) is 0.531. The number of nitriles is 1. The number of rotatable bonds is 12. The number of nitrogens with one attached hydrogen (secondary N) is 1. The Morgan fingerprint density at radius 2 is 1.88 bits per heavy atom. The first kappa shape index (κ1) is 39.2. The Morgan fingerprint density at radius 1 is 1.18 bits per heavy atom. The van der Waals surface area contributed by atoms with Crippen molar-refractivity contribution in [3.8, 4) is 11.8 Å². The molecule has 2 aromatic rings. The van der Waals surface area contributed by atoms with Gasteiger partial charge in [-0.25, -0.2) is 13.2 Å². The van der Waals surface area contributed by atoms with Crippen LogP contribution in [0.4, 0.5) is 18.0 Å². The van der Waals surface area contributed by atoms with Gasteiger partial charge in [-0.05, 0) is 80.2 Å². The molecule has 1 saturated heterocycles. The fourth-order valence-electron chi connectivity index (χ4n) is 5.20. The Bertz CT molecular complexity index is 1750. The minimum atomic E-state index is -4.63. The second-order valence-electron chi connectivity index (χ2n) is 13.1. The van der Waals surface area contributed by atoms with Crippen LogP contribution in [-0.4, -0.2) is 96.0 Å². The molecule has 0 spiro atoms. The van der Waals surface area contributed by atoms with Gasteiger partial charge in [-0.15, -0.1) is 0 Å². The van der Waals surface area contributed by atoms with E-state index in [-0.39, 0.29) is 31.7 Å². The van der Waals surface area contributed by atoms with Crippen LogP contribution < -0.4 is 10.1 Å². The molecule has 0 radical (unpaired) electrons. The summed E-state index contributed by atoms with van der Waals surface area (Å²) in [7, 11) is -4.35. The van der Waals surface area contributed by atoms with Crippen LogP contribution in [0.1, 0.15) is 52.1 Å². The Balaban J connectivity index is 1.54. The van der Waals surface area contributed by atoms with Crippen LogP contribution in [0, 0.1) is 11.3 Å². The van der Waals surface area contributed by atoms with Gasteiger partial charge in [0, 0.05) is 54.9 Å². The van der Waals surface area contributed by atoms with Gasteiger partial charge in [0.15, 0.2) is 16.4 Å². The zero-order valence-corrected chi connectivity index (χ0v) is 30.6. The molecule has 1 aliphatic heterocycles. The number of carbonyl (C=O) groups excluding carboxylic acids is 3. The standard InChI is InChI=1S/C32H36BrClF3N5O7S/c1-30(2,3)49-29(45)41(12-8-21-5-4-20(33)16-39-21)13-9-27(43)42-17-23(15-25(42)28(44)40-31(18-38)10-11-31)50(46,47)26-7-6-22(14-24(26)34)48-19-32(35,36)37/h4-7,14,16,23,25H,8-13,15,17,19H2,1-3H3,(H,40,44)/t23-,25+/m1/s1. The van der Waals surface area contributed by atoms with Crippen LogP contribution in [0.2, 0.25) is 5.02 Å². The van der Waals surface area contributed by atoms with Crippen molar-refractivity contribution in [2.45, 2.75) is 86.4 Å². The molecule has 50 heavy (non-hydrogen) atoms. The number of carbonyl (C=O) groups is 3. The van der Waals surface area contributed by atoms with Crippen molar-refractivity contribution in [3.05, 3.63) is 51.7 Å². The molecule has 1 N–H and O–H groups in total. The van der Waals surface area contributed by atoms with Crippen molar-refractivity contribution in [3.63, 3.8) is 0 Å². The Kier molecular flexibility index (Phi) is 12.0. The lowest BCUT2D eigenvalue weighted by molar-refractivity contribution is -0.153. The van der Waals surface area contributed by atoms with Gasteiger partial charge >= 0.3 is 12.3 Å². The summed E-state index contributed by atoms with van der Waals surface area (Å²) in [5.41, 5.74) is -1.26. The SMILES string of the molecule is CC(C)(C)OC(=O)N(CCC(=O)N1C[C@H](S(=O)(=O)c2ccc(OCC(F)(F)F)cc2Cl)C[C@H]1C(=O)NC1(C#N)CC1)CCc1ccc(Br)cn1. The summed E-state index contributed by atoms with van der Waals surface area (Å²) in [6.07, 6.45) is -3.19. The monoisotopic (exact) mass is 805 g/mol. The van der Waals surface area contributed by atoms with Gasteiger partial charge in [-0.1, -0.05) is 11.6 Å². The van der Waals surface area contributed by atoms with E-state index in [2.05, 4.69) is 31.0 Å². The number of likely N-dealkylation sites (tertiary alicyclic amines) is 1. The normalized spacial score (nSPS) is 18.6. The predicted molar refractivity (Wildman–Crippen MR) is 178 cm³/mol. The first-order valence-electron chi connectivity index (χ1n) is 15.6. The van der Waals surface area contributed by atoms with E-state index in [0.29, 0.717) is 25.0 Å². The molecule has 12 nitrogen and oxygen atoms in total. The Labute approximate surface area is 301 Å². The fourth-order valence-corrected chi connectivity index (χ4v) is 7.67. The van der Waals surface area contributed by atoms with Crippen molar-refractivity contribution in [1.82, 2.24) is 20.1 Å². The Hall–Kier alpha value is -3.62. The minimum absolute atomic E-state index is 0.125. The maximum absolute atomic E-state index is 13.8. The lowest BCUT2D eigenvalue weighted by Crippen LogP contribution is -2.50. The number of nitrogens with zero attached hydrogens (tertiary/aromatic N) is 4. The van der Waals surface area contributed by atoms with E-state index in [1.54, 1.807) is 39.1 Å². The van der Waals surface area contributed by atoms with Crippen LogP contribution in [0.3, 0.4) is 0 Å². The summed E-state index contributed by atoms with van der Waals surface area (Å²) in [6, 6.07) is 7.32. The molecule has 18 heteroatoms. The number of pyridine rings is 1. The predicted octanol–water partition coefficient (Wildman–Crippen LogP) is 5.22. The van der Waals surface area contributed by atoms with Crippen LogP contribution in [0.25, 0.3) is 0 Å². The minimum Gasteiger partial charge on any atom is -0.484 e. The van der Waals surface area contributed by atoms with Crippen LogP contribution in [0.15, 0.2) is 45.9 Å². The first-order chi connectivity index (χ1) is 23.2. The van der Waals surface area contributed by atoms with Gasteiger partial charge in [0.25, 0.3) is 0 Å². The van der Waals surface area contributed by atoms with Gasteiger partial charge in [-0.2, -0.15) is 18.4 Å². The van der Waals surface area contributed by atoms with Crippen molar-refractivity contribution >= 4 is 55.3 Å². The lowest BCUT2D eigenvalue weighted by atomic mass is 10.1. The smallest absolute Gasteiger partial charge is 0.422 e. The second-order valence-corrected chi connectivity index (χ2v) is 16.6. The first-order valence-corrected chi connectivity index (χ1v) is 18.3. The zero-order chi connectivity index (χ0) is 37.1. The summed E-state index contributed by atoms with van der Waals surface area (Å²) < 4.78 is 76.4. The number of halogens is 5. The molecule has 2 atom stereocenters. The molecule has 2 aliphatic rings. The van der Waals surface area contributed by atoms with Gasteiger partial charge < -0.3 is 24.6 Å². The third-order valence-corrected chi connectivity index (χ3v) is 11.0. The van der Waals surface area contributed by atoms with E-state index in [0.717, 1.165) is 27.6 Å². The van der Waals surface area contributed by atoms with E-state index in [4.69, 9.17) is 16.3 Å². The molecule has 1 aromatic carbocycles. The topological polar surface area (TPSA) is 159 Å². The van der Waals surface area contributed by atoms with Crippen LogP contribution in [0.5, 0.6) is 5.75 Å². The van der Waals surface area contributed by atoms with E-state index in [9.17, 15) is 41.2 Å². The van der Waals surface area contributed by atoms with Crippen LogP contribution in [-0.2, 0) is 30.6 Å². The van der Waals surface area contributed by atoms with Crippen molar-refractivity contribution < 1.29 is 45.4 Å². The van der Waals surface area contributed by atoms with Crippen molar-refractivity contribution in [1.29, 1.82) is 5.26 Å². The highest BCUT2D eigenvalue weighted by Crippen LogP contribution is 2.37. The zero-order valence-electron chi connectivity index (χ0n) is 27.4. The van der Waals surface area contributed by atoms with E-state index in [1.165, 1.54) is 4.90 Å².